The fourth-order valence-electron chi connectivity index (χ4n) is 5.65. The Morgan fingerprint density at radius 1 is 0.925 bits per heavy atom. The summed E-state index contributed by atoms with van der Waals surface area (Å²) < 4.78 is 24.4. The van der Waals surface area contributed by atoms with Crippen LogP contribution in [0.4, 0.5) is 4.79 Å². The second kappa shape index (κ2) is 11.2. The van der Waals surface area contributed by atoms with Gasteiger partial charge in [-0.05, 0) is 76.3 Å². The quantitative estimate of drug-likeness (QED) is 0.336. The van der Waals surface area contributed by atoms with Gasteiger partial charge in [-0.1, -0.05) is 18.2 Å². The molecule has 2 aromatic carbocycles. The molecule has 9 nitrogen and oxygen atoms in total. The molecule has 0 N–H and O–H groups in total. The lowest BCUT2D eigenvalue weighted by atomic mass is 9.83. The third kappa shape index (κ3) is 5.64. The van der Waals surface area contributed by atoms with E-state index in [1.165, 1.54) is 7.11 Å². The maximum Gasteiger partial charge on any atom is 0.410 e. The van der Waals surface area contributed by atoms with Gasteiger partial charge in [0.25, 0.3) is 0 Å². The molecule has 0 saturated carbocycles. The molecule has 3 aromatic rings. The first-order valence-electron chi connectivity index (χ1n) is 13.8. The summed E-state index contributed by atoms with van der Waals surface area (Å²) in [5.74, 6) is 2.84. The van der Waals surface area contributed by atoms with Crippen LogP contribution in [0.3, 0.4) is 0 Å². The molecule has 0 bridgehead atoms. The van der Waals surface area contributed by atoms with E-state index < -0.39 is 11.6 Å². The molecule has 1 atom stereocenters. The number of nitrogens with zero attached hydrogens (tertiary/aromatic N) is 3. The number of methoxy groups -OCH3 is 2. The summed E-state index contributed by atoms with van der Waals surface area (Å²) in [6.45, 7) is 7.63. The van der Waals surface area contributed by atoms with Gasteiger partial charge >= 0.3 is 12.1 Å². The number of esters is 1. The zero-order valence-electron chi connectivity index (χ0n) is 23.8. The summed E-state index contributed by atoms with van der Waals surface area (Å²) in [5, 5.41) is 0. The van der Waals surface area contributed by atoms with E-state index in [2.05, 4.69) is 0 Å². The lowest BCUT2D eigenvalue weighted by molar-refractivity contribution is 0.0173. The molecule has 9 heteroatoms. The van der Waals surface area contributed by atoms with E-state index in [0.29, 0.717) is 54.2 Å². The van der Waals surface area contributed by atoms with Crippen molar-refractivity contribution in [3.8, 4) is 28.5 Å². The van der Waals surface area contributed by atoms with Gasteiger partial charge in [0.05, 0.1) is 14.2 Å². The Labute approximate surface area is 235 Å². The Morgan fingerprint density at radius 2 is 1.65 bits per heavy atom. The Balaban J connectivity index is 1.40. The van der Waals surface area contributed by atoms with Crippen LogP contribution in [0, 0.1) is 5.92 Å². The number of aromatic nitrogens is 2. The highest BCUT2D eigenvalue weighted by Crippen LogP contribution is 2.43. The van der Waals surface area contributed by atoms with Crippen LogP contribution in [0.5, 0.6) is 17.2 Å². The van der Waals surface area contributed by atoms with Crippen LogP contribution in [0.15, 0.2) is 48.5 Å². The van der Waals surface area contributed by atoms with Gasteiger partial charge in [0.1, 0.15) is 22.9 Å². The Kier molecular flexibility index (Phi) is 7.74. The largest absolute Gasteiger partial charge is 0.493 e. The molecule has 1 saturated heterocycles. The summed E-state index contributed by atoms with van der Waals surface area (Å²) in [7, 11) is 2.98. The number of benzene rings is 2. The van der Waals surface area contributed by atoms with Crippen molar-refractivity contribution in [2.24, 2.45) is 5.92 Å². The van der Waals surface area contributed by atoms with Crippen LogP contribution in [0.1, 0.15) is 62.3 Å². The highest BCUT2D eigenvalue weighted by atomic mass is 16.6. The van der Waals surface area contributed by atoms with E-state index >= 15 is 0 Å². The number of fused-ring (bicyclic) bond motifs is 1. The number of amides is 1. The lowest BCUT2D eigenvalue weighted by Crippen LogP contribution is -2.42. The number of rotatable bonds is 6. The van der Waals surface area contributed by atoms with Crippen LogP contribution < -0.4 is 9.47 Å². The average Bonchev–Trinajstić information content (AvgIpc) is 3.52. The van der Waals surface area contributed by atoms with Crippen LogP contribution >= 0.6 is 0 Å². The number of imidazole rings is 1. The fourth-order valence-corrected chi connectivity index (χ4v) is 5.65. The minimum Gasteiger partial charge on any atom is -0.493 e. The van der Waals surface area contributed by atoms with Gasteiger partial charge in [-0.3, -0.25) is 0 Å². The molecular formula is C31H37N3O6. The highest BCUT2D eigenvalue weighted by Gasteiger charge is 2.39. The van der Waals surface area contributed by atoms with E-state index in [9.17, 15) is 9.59 Å². The predicted octanol–water partition coefficient (Wildman–Crippen LogP) is 6.27. The number of carbonyl (C=O) groups is 2. The standard InChI is InChI=1S/C31H37N3O6/c1-31(2,3)40-30(36)33-16-13-20(14-17-33)23-15-18-34-27(29(35)38-5)26(32-28(23)34)21-11-12-24(25(19-21)37-4)39-22-9-7-6-8-10-22/h6-12,19-20,23H,13-18H2,1-5H3. The first-order chi connectivity index (χ1) is 19.2. The van der Waals surface area contributed by atoms with Crippen molar-refractivity contribution in [3.63, 3.8) is 0 Å². The molecule has 1 aromatic heterocycles. The molecule has 0 aliphatic carbocycles. The van der Waals surface area contributed by atoms with Gasteiger partial charge in [0, 0.05) is 31.1 Å². The molecule has 3 heterocycles. The summed E-state index contributed by atoms with van der Waals surface area (Å²) in [6.07, 6.45) is 2.36. The smallest absolute Gasteiger partial charge is 0.410 e. The first kappa shape index (κ1) is 27.6. The third-order valence-electron chi connectivity index (χ3n) is 7.54. The number of hydrogen-bond donors (Lipinski definition) is 0. The van der Waals surface area contributed by atoms with E-state index in [0.717, 1.165) is 30.7 Å². The number of hydrogen-bond acceptors (Lipinski definition) is 7. The van der Waals surface area contributed by atoms with Gasteiger partial charge in [-0.2, -0.15) is 0 Å². The van der Waals surface area contributed by atoms with Gasteiger partial charge in [-0.15, -0.1) is 0 Å². The van der Waals surface area contributed by atoms with E-state index in [1.807, 2.05) is 73.9 Å². The molecule has 2 aliphatic heterocycles. The van der Waals surface area contributed by atoms with Crippen molar-refractivity contribution in [1.82, 2.24) is 14.5 Å². The molecule has 1 amide bonds. The molecule has 5 rings (SSSR count). The Bertz CT molecular complexity index is 1370. The number of piperidine rings is 1. The second-order valence-corrected chi connectivity index (χ2v) is 11.3. The zero-order valence-corrected chi connectivity index (χ0v) is 23.8. The van der Waals surface area contributed by atoms with Crippen LogP contribution in [-0.4, -0.2) is 59.4 Å². The maximum atomic E-state index is 13.0. The Morgan fingerprint density at radius 3 is 2.30 bits per heavy atom. The SMILES string of the molecule is COC(=O)c1c(-c2ccc(Oc3ccccc3)c(OC)c2)nc2n1CCC2C1CCN(C(=O)OC(C)(C)C)CC1. The van der Waals surface area contributed by atoms with Crippen molar-refractivity contribution in [2.75, 3.05) is 27.3 Å². The van der Waals surface area contributed by atoms with Crippen molar-refractivity contribution < 1.29 is 28.5 Å². The summed E-state index contributed by atoms with van der Waals surface area (Å²) >= 11 is 0. The second-order valence-electron chi connectivity index (χ2n) is 11.3. The summed E-state index contributed by atoms with van der Waals surface area (Å²) in [6, 6.07) is 15.1. The highest BCUT2D eigenvalue weighted by molar-refractivity contribution is 5.95. The fraction of sp³-hybridized carbons (Fsp3) is 0.452. The van der Waals surface area contributed by atoms with Crippen molar-refractivity contribution >= 4 is 12.1 Å². The molecule has 1 unspecified atom stereocenters. The number of carbonyl (C=O) groups excluding carboxylic acids is 2. The minimum absolute atomic E-state index is 0.195. The monoisotopic (exact) mass is 547 g/mol. The van der Waals surface area contributed by atoms with Gasteiger partial charge in [-0.25, -0.2) is 14.6 Å². The Hall–Kier alpha value is -4.01. The molecular weight excluding hydrogens is 510 g/mol. The number of likely N-dealkylation sites (tertiary alicyclic amines) is 1. The molecule has 2 aliphatic rings. The van der Waals surface area contributed by atoms with Crippen LogP contribution in [0.25, 0.3) is 11.3 Å². The topological polar surface area (TPSA) is 92.1 Å². The van der Waals surface area contributed by atoms with Crippen molar-refractivity contribution in [1.29, 1.82) is 0 Å². The average molecular weight is 548 g/mol. The van der Waals surface area contributed by atoms with E-state index in [1.54, 1.807) is 12.0 Å². The van der Waals surface area contributed by atoms with Crippen molar-refractivity contribution in [2.45, 2.75) is 58.1 Å². The van der Waals surface area contributed by atoms with Gasteiger partial charge < -0.3 is 28.4 Å². The van der Waals surface area contributed by atoms with E-state index in [-0.39, 0.29) is 12.0 Å². The molecule has 0 spiro atoms. The summed E-state index contributed by atoms with van der Waals surface area (Å²) in [5.41, 5.74) is 1.25. The van der Waals surface area contributed by atoms with Crippen LogP contribution in [0.2, 0.25) is 0 Å². The zero-order chi connectivity index (χ0) is 28.4. The minimum atomic E-state index is -0.515. The summed E-state index contributed by atoms with van der Waals surface area (Å²) in [4.78, 5) is 32.4. The lowest BCUT2D eigenvalue weighted by Gasteiger charge is -2.35. The normalized spacial score (nSPS) is 17.3. The van der Waals surface area contributed by atoms with E-state index in [4.69, 9.17) is 23.9 Å². The van der Waals surface area contributed by atoms with Gasteiger partial charge in [0.2, 0.25) is 0 Å². The maximum absolute atomic E-state index is 13.0. The van der Waals surface area contributed by atoms with Crippen LogP contribution in [-0.2, 0) is 16.0 Å². The third-order valence-corrected chi connectivity index (χ3v) is 7.54. The van der Waals surface area contributed by atoms with Gasteiger partial charge in [0.15, 0.2) is 17.2 Å². The number of para-hydroxylation sites is 1. The molecule has 212 valence electrons. The van der Waals surface area contributed by atoms with Crippen molar-refractivity contribution in [3.05, 3.63) is 60.0 Å². The first-order valence-corrected chi connectivity index (χ1v) is 13.8. The predicted molar refractivity (Wildman–Crippen MR) is 150 cm³/mol. The molecule has 40 heavy (non-hydrogen) atoms. The number of ether oxygens (including phenoxy) is 4. The molecule has 0 radical (unpaired) electrons. The molecule has 1 fully saturated rings.